The minimum absolute atomic E-state index is 0.0308. The van der Waals surface area contributed by atoms with E-state index in [4.69, 9.17) is 10.5 Å². The molecule has 6 unspecified atom stereocenters. The lowest BCUT2D eigenvalue weighted by Gasteiger charge is -2.28. The number of aromatic nitrogens is 2. The number of imidazole rings is 1. The molecule has 4 rings (SSSR count). The van der Waals surface area contributed by atoms with Crippen molar-refractivity contribution in [1.29, 1.82) is 0 Å². The summed E-state index contributed by atoms with van der Waals surface area (Å²) in [5, 5.41) is 25.5. The molecule has 1 aromatic heterocycles. The standard InChI is InChI=1S/C48H64N8O8S2/c1-31(2)21-37(44(60)53-36(43(49)59)22-32-15-9-6-10-16-32)52-42(58)24-41(57)39(28-65-26-33-17-11-7-12-18-33)55-45(61)38(23-35-25-50-30-51-35)54-46(62)40(56-47(63)64-48(3,4)5)29-66-27-34-19-13-8-14-20-34/h6-20,25,30-31,36-41,57H,21-24,26-29H2,1-5H3,(H2,49,59)(H,50,51)(H,52,58)(H,53,60)(H,54,62)(H,55,61)(H,56,63). The van der Waals surface area contributed by atoms with E-state index >= 15 is 0 Å². The van der Waals surface area contributed by atoms with Gasteiger partial charge in [-0.2, -0.15) is 23.5 Å². The molecule has 0 aliphatic heterocycles. The molecule has 66 heavy (non-hydrogen) atoms. The average molecular weight is 945 g/mol. The van der Waals surface area contributed by atoms with Gasteiger partial charge in [0.1, 0.15) is 29.8 Å². The third-order valence-electron chi connectivity index (χ3n) is 9.91. The van der Waals surface area contributed by atoms with Crippen molar-refractivity contribution in [2.75, 3.05) is 11.5 Å². The molecule has 0 bridgehead atoms. The summed E-state index contributed by atoms with van der Waals surface area (Å²) in [6.45, 7) is 8.88. The Morgan fingerprint density at radius 1 is 0.682 bits per heavy atom. The van der Waals surface area contributed by atoms with Gasteiger partial charge in [-0.1, -0.05) is 105 Å². The molecule has 6 atom stereocenters. The number of thioether (sulfide) groups is 2. The van der Waals surface area contributed by atoms with Crippen LogP contribution in [-0.2, 0) is 53.1 Å². The van der Waals surface area contributed by atoms with Crippen molar-refractivity contribution in [2.24, 2.45) is 11.7 Å². The molecule has 16 nitrogen and oxygen atoms in total. The molecule has 0 radical (unpaired) electrons. The number of ether oxygens (including phenoxy) is 1. The quantitative estimate of drug-likeness (QED) is 0.0444. The fourth-order valence-electron chi connectivity index (χ4n) is 6.64. The number of alkyl carbamates (subject to hydrolysis) is 1. The van der Waals surface area contributed by atoms with Crippen LogP contribution in [-0.4, -0.2) is 104 Å². The molecule has 0 spiro atoms. The normalized spacial score (nSPS) is 14.1. The van der Waals surface area contributed by atoms with Gasteiger partial charge in [-0.3, -0.25) is 24.0 Å². The van der Waals surface area contributed by atoms with Crippen molar-refractivity contribution in [3.05, 3.63) is 126 Å². The second-order valence-electron chi connectivity index (χ2n) is 17.3. The number of benzene rings is 3. The number of primary amides is 1. The lowest BCUT2D eigenvalue weighted by Crippen LogP contribution is -2.58. The molecular weight excluding hydrogens is 881 g/mol. The second kappa shape index (κ2) is 26.9. The first-order valence-electron chi connectivity index (χ1n) is 21.9. The van der Waals surface area contributed by atoms with E-state index in [0.29, 0.717) is 17.2 Å². The van der Waals surface area contributed by atoms with Gasteiger partial charge in [-0.25, -0.2) is 9.78 Å². The minimum Gasteiger partial charge on any atom is -0.444 e. The molecule has 18 heteroatoms. The fraction of sp³-hybridized carbons (Fsp3) is 0.438. The van der Waals surface area contributed by atoms with Crippen LogP contribution in [0.5, 0.6) is 0 Å². The Balaban J connectivity index is 1.52. The first kappa shape index (κ1) is 52.8. The molecule has 0 fully saturated rings. The van der Waals surface area contributed by atoms with Gasteiger partial charge in [-0.15, -0.1) is 0 Å². The maximum Gasteiger partial charge on any atom is 0.408 e. The Kier molecular flexibility index (Phi) is 21.5. The number of hydrogen-bond acceptors (Lipinski definition) is 11. The lowest BCUT2D eigenvalue weighted by atomic mass is 10.0. The average Bonchev–Trinajstić information content (AvgIpc) is 3.78. The number of carbonyl (C=O) groups excluding carboxylic acids is 6. The highest BCUT2D eigenvalue weighted by Crippen LogP contribution is 2.18. The topological polar surface area (TPSA) is 247 Å². The van der Waals surface area contributed by atoms with Crippen molar-refractivity contribution in [2.45, 2.75) is 114 Å². The van der Waals surface area contributed by atoms with Gasteiger partial charge in [-0.05, 0) is 49.8 Å². The molecule has 1 heterocycles. The molecular formula is C48H64N8O8S2. The fourth-order valence-corrected chi connectivity index (χ4v) is 8.76. The van der Waals surface area contributed by atoms with Crippen molar-refractivity contribution < 1.29 is 38.6 Å². The summed E-state index contributed by atoms with van der Waals surface area (Å²) < 4.78 is 5.47. The smallest absolute Gasteiger partial charge is 0.408 e. The summed E-state index contributed by atoms with van der Waals surface area (Å²) in [4.78, 5) is 88.1. The van der Waals surface area contributed by atoms with E-state index in [1.165, 1.54) is 36.0 Å². The number of aliphatic hydroxyl groups excluding tert-OH is 1. The van der Waals surface area contributed by atoms with Crippen LogP contribution in [0.4, 0.5) is 4.79 Å². The van der Waals surface area contributed by atoms with Gasteiger partial charge in [0.25, 0.3) is 0 Å². The number of nitrogens with zero attached hydrogens (tertiary/aromatic N) is 1. The van der Waals surface area contributed by atoms with Crippen LogP contribution in [0.3, 0.4) is 0 Å². The molecule has 3 aromatic carbocycles. The number of H-pyrrole nitrogens is 1. The van der Waals surface area contributed by atoms with Gasteiger partial charge < -0.3 is 47.1 Å². The summed E-state index contributed by atoms with van der Waals surface area (Å²) >= 11 is 2.84. The number of hydrogen-bond donors (Lipinski definition) is 8. The first-order chi connectivity index (χ1) is 31.4. The summed E-state index contributed by atoms with van der Waals surface area (Å²) in [7, 11) is 0. The van der Waals surface area contributed by atoms with Crippen molar-refractivity contribution in [3.63, 3.8) is 0 Å². The van der Waals surface area contributed by atoms with E-state index in [0.717, 1.165) is 16.7 Å². The number of amides is 6. The zero-order valence-corrected chi connectivity index (χ0v) is 39.8. The van der Waals surface area contributed by atoms with E-state index in [1.54, 1.807) is 20.8 Å². The van der Waals surface area contributed by atoms with Crippen LogP contribution in [0.25, 0.3) is 0 Å². The SMILES string of the molecule is CC(C)CC(NC(=O)CC(O)C(CSCc1ccccc1)NC(=O)C(Cc1cnc[nH]1)NC(=O)C(CSCc1ccccc1)NC(=O)OC(C)(C)C)C(=O)NC(Cc1ccccc1)C(N)=O. The van der Waals surface area contributed by atoms with Crippen LogP contribution >= 0.6 is 23.5 Å². The molecule has 4 aromatic rings. The molecule has 0 saturated carbocycles. The van der Waals surface area contributed by atoms with Gasteiger partial charge in [0.05, 0.1) is 24.9 Å². The van der Waals surface area contributed by atoms with Crippen LogP contribution in [0, 0.1) is 5.92 Å². The molecule has 6 amide bonds. The van der Waals surface area contributed by atoms with Crippen LogP contribution < -0.4 is 32.3 Å². The highest BCUT2D eigenvalue weighted by atomic mass is 32.2. The maximum absolute atomic E-state index is 14.4. The van der Waals surface area contributed by atoms with E-state index in [1.807, 2.05) is 105 Å². The summed E-state index contributed by atoms with van der Waals surface area (Å²) in [5.41, 5.74) is 8.16. The Morgan fingerprint density at radius 3 is 1.74 bits per heavy atom. The van der Waals surface area contributed by atoms with E-state index in [9.17, 15) is 33.9 Å². The predicted octanol–water partition coefficient (Wildman–Crippen LogP) is 4.18. The highest BCUT2D eigenvalue weighted by Gasteiger charge is 2.33. The highest BCUT2D eigenvalue weighted by molar-refractivity contribution is 7.98. The number of aliphatic hydroxyl groups is 1. The number of rotatable bonds is 26. The zero-order valence-electron chi connectivity index (χ0n) is 38.2. The van der Waals surface area contributed by atoms with Gasteiger partial charge in [0, 0.05) is 47.7 Å². The minimum atomic E-state index is -1.45. The summed E-state index contributed by atoms with van der Waals surface area (Å²) in [6, 6.07) is 22.9. The monoisotopic (exact) mass is 944 g/mol. The van der Waals surface area contributed by atoms with Gasteiger partial charge in [0.2, 0.25) is 29.5 Å². The number of nitrogens with one attached hydrogen (secondary N) is 6. The third-order valence-corrected chi connectivity index (χ3v) is 12.2. The summed E-state index contributed by atoms with van der Waals surface area (Å²) in [5.74, 6) is -1.97. The number of aromatic amines is 1. The Bertz CT molecular complexity index is 2130. The van der Waals surface area contributed by atoms with Crippen LogP contribution in [0.15, 0.2) is 104 Å². The van der Waals surface area contributed by atoms with Crippen LogP contribution in [0.2, 0.25) is 0 Å². The van der Waals surface area contributed by atoms with E-state index in [-0.39, 0.29) is 36.7 Å². The van der Waals surface area contributed by atoms with Gasteiger partial charge >= 0.3 is 6.09 Å². The number of nitrogens with two attached hydrogens (primary N) is 1. The first-order valence-corrected chi connectivity index (χ1v) is 24.2. The Labute approximate surface area is 395 Å². The third kappa shape index (κ3) is 19.7. The molecule has 0 saturated heterocycles. The second-order valence-corrected chi connectivity index (χ2v) is 19.4. The van der Waals surface area contributed by atoms with Crippen LogP contribution in [0.1, 0.15) is 69.8 Å². The zero-order chi connectivity index (χ0) is 48.1. The molecule has 0 aliphatic rings. The molecule has 356 valence electrons. The Hall–Kier alpha value is -5.85. The largest absolute Gasteiger partial charge is 0.444 e. The van der Waals surface area contributed by atoms with Crippen molar-refractivity contribution in [3.8, 4) is 0 Å². The van der Waals surface area contributed by atoms with Crippen molar-refractivity contribution >= 4 is 59.2 Å². The van der Waals surface area contributed by atoms with E-state index in [2.05, 4.69) is 36.6 Å². The van der Waals surface area contributed by atoms with Gasteiger partial charge in [0.15, 0.2) is 0 Å². The molecule has 0 aliphatic carbocycles. The summed E-state index contributed by atoms with van der Waals surface area (Å²) in [6.07, 6.45) is 0.550. The van der Waals surface area contributed by atoms with E-state index < -0.39 is 84.0 Å². The maximum atomic E-state index is 14.4. The molecule has 9 N–H and O–H groups in total. The number of carbonyl (C=O) groups is 6. The lowest BCUT2D eigenvalue weighted by molar-refractivity contribution is -0.133. The van der Waals surface area contributed by atoms with Crippen molar-refractivity contribution in [1.82, 2.24) is 36.6 Å². The predicted molar refractivity (Wildman–Crippen MR) is 258 cm³/mol. The Morgan fingerprint density at radius 2 is 1.21 bits per heavy atom.